The molecule has 3 aliphatic rings. The minimum atomic E-state index is -0.976. The van der Waals surface area contributed by atoms with E-state index in [4.69, 9.17) is 42.4 Å². The SMILES string of the molecule is COc1ccc(-c2noc(CC(=O)NC(C)(C)CC(C)(C)C(=O)OCC3OC4OC(C)(C)OC4C4OC(C)(C)OC34)c2-c2ccc(OC)cc2)cc1. The zero-order valence-electron chi connectivity index (χ0n) is 31.6. The molecule has 52 heavy (non-hydrogen) atoms. The van der Waals surface area contributed by atoms with E-state index in [-0.39, 0.29) is 25.4 Å². The van der Waals surface area contributed by atoms with E-state index >= 15 is 0 Å². The van der Waals surface area contributed by atoms with Crippen LogP contribution in [0.2, 0.25) is 0 Å². The van der Waals surface area contributed by atoms with Crippen molar-refractivity contribution in [3.05, 3.63) is 54.3 Å². The molecule has 1 N–H and O–H groups in total. The lowest BCUT2D eigenvalue weighted by atomic mass is 9.80. The number of hydrogen-bond acceptors (Lipinski definition) is 12. The Hall–Kier alpha value is -4.01. The Labute approximate surface area is 304 Å². The maximum Gasteiger partial charge on any atom is 0.311 e. The summed E-state index contributed by atoms with van der Waals surface area (Å²) in [5.74, 6) is -0.656. The standard InChI is InChI=1S/C39H50N2O11/c1-36(2,35(43)46-20-27-31-32(49-38(5,6)48-31)33-34(47-27)51-39(7,8)50-33)21-37(3,4)40-28(42)19-26-29(22-11-15-24(44-9)16-12-22)30(41-52-26)23-13-17-25(45-10)18-14-23/h11-18,27,31-34H,19-21H2,1-10H3,(H,40,42). The van der Waals surface area contributed by atoms with Gasteiger partial charge in [0.15, 0.2) is 23.6 Å². The fourth-order valence-electron chi connectivity index (χ4n) is 7.42. The van der Waals surface area contributed by atoms with Crippen molar-refractivity contribution in [2.75, 3.05) is 20.8 Å². The van der Waals surface area contributed by atoms with Gasteiger partial charge in [0.2, 0.25) is 5.91 Å². The second-order valence-electron chi connectivity index (χ2n) is 15.8. The molecule has 5 unspecified atom stereocenters. The summed E-state index contributed by atoms with van der Waals surface area (Å²) in [6.45, 7) is 14.5. The molecular weight excluding hydrogens is 672 g/mol. The number of benzene rings is 2. The highest BCUT2D eigenvalue weighted by Crippen LogP contribution is 2.44. The summed E-state index contributed by atoms with van der Waals surface area (Å²) < 4.78 is 52.9. The van der Waals surface area contributed by atoms with Crippen molar-refractivity contribution in [1.82, 2.24) is 10.5 Å². The third-order valence-electron chi connectivity index (χ3n) is 9.37. The van der Waals surface area contributed by atoms with Crippen molar-refractivity contribution in [3.8, 4) is 33.9 Å². The van der Waals surface area contributed by atoms with Crippen molar-refractivity contribution in [2.24, 2.45) is 5.41 Å². The molecule has 13 heteroatoms. The third-order valence-corrected chi connectivity index (χ3v) is 9.37. The number of carbonyl (C=O) groups is 2. The lowest BCUT2D eigenvalue weighted by Crippen LogP contribution is -2.56. The number of fused-ring (bicyclic) bond motifs is 3. The van der Waals surface area contributed by atoms with E-state index in [2.05, 4.69) is 10.5 Å². The minimum absolute atomic E-state index is 0.0706. The van der Waals surface area contributed by atoms with E-state index in [1.54, 1.807) is 28.1 Å². The Balaban J connectivity index is 1.11. The van der Waals surface area contributed by atoms with Crippen LogP contribution in [0.4, 0.5) is 0 Å². The molecule has 3 saturated heterocycles. The van der Waals surface area contributed by atoms with E-state index in [9.17, 15) is 9.59 Å². The molecule has 1 amide bonds. The number of carbonyl (C=O) groups excluding carboxylic acids is 2. The number of hydrogen-bond donors (Lipinski definition) is 1. The van der Waals surface area contributed by atoms with E-state index in [1.165, 1.54) is 0 Å². The Kier molecular flexibility index (Phi) is 10.2. The molecule has 282 valence electrons. The summed E-state index contributed by atoms with van der Waals surface area (Å²) in [5, 5.41) is 7.47. The fraction of sp³-hybridized carbons (Fsp3) is 0.564. The summed E-state index contributed by atoms with van der Waals surface area (Å²) in [6.07, 6.45) is -2.59. The number of nitrogens with one attached hydrogen (secondary N) is 1. The lowest BCUT2D eigenvalue weighted by Gasteiger charge is -2.38. The number of ether oxygens (including phenoxy) is 8. The number of methoxy groups -OCH3 is 2. The molecule has 0 bridgehead atoms. The van der Waals surface area contributed by atoms with Gasteiger partial charge in [-0.05, 0) is 104 Å². The highest BCUT2D eigenvalue weighted by Gasteiger charge is 2.61. The van der Waals surface area contributed by atoms with Crippen molar-refractivity contribution < 1.29 is 52.0 Å². The first-order valence-electron chi connectivity index (χ1n) is 17.5. The van der Waals surface area contributed by atoms with E-state index in [0.29, 0.717) is 28.5 Å². The van der Waals surface area contributed by atoms with Crippen LogP contribution in [0, 0.1) is 5.41 Å². The van der Waals surface area contributed by atoms with Gasteiger partial charge < -0.3 is 47.7 Å². The molecule has 0 radical (unpaired) electrons. The van der Waals surface area contributed by atoms with Crippen LogP contribution in [0.25, 0.3) is 22.4 Å². The van der Waals surface area contributed by atoms with Gasteiger partial charge in [-0.1, -0.05) is 17.3 Å². The molecule has 6 rings (SSSR count). The van der Waals surface area contributed by atoms with Crippen LogP contribution < -0.4 is 14.8 Å². The maximum absolute atomic E-state index is 13.6. The molecular formula is C39H50N2O11. The molecule has 3 aromatic rings. The molecule has 4 heterocycles. The average Bonchev–Trinajstić information content (AvgIpc) is 3.73. The Morgan fingerprint density at radius 3 is 1.96 bits per heavy atom. The molecule has 3 aliphatic heterocycles. The smallest absolute Gasteiger partial charge is 0.311 e. The summed E-state index contributed by atoms with van der Waals surface area (Å²) in [4.78, 5) is 27.2. The van der Waals surface area contributed by atoms with Crippen LogP contribution in [-0.4, -0.2) is 85.7 Å². The van der Waals surface area contributed by atoms with Gasteiger partial charge in [-0.25, -0.2) is 0 Å². The van der Waals surface area contributed by atoms with E-state index in [0.717, 1.165) is 11.1 Å². The van der Waals surface area contributed by atoms with Crippen LogP contribution in [0.5, 0.6) is 11.5 Å². The number of amides is 1. The summed E-state index contributed by atoms with van der Waals surface area (Å²) in [6, 6.07) is 14.9. The first-order chi connectivity index (χ1) is 24.4. The first-order valence-corrected chi connectivity index (χ1v) is 17.5. The summed E-state index contributed by atoms with van der Waals surface area (Å²) >= 11 is 0. The summed E-state index contributed by atoms with van der Waals surface area (Å²) in [5.41, 5.74) is 1.14. The molecule has 0 saturated carbocycles. The van der Waals surface area contributed by atoms with Crippen LogP contribution in [0.15, 0.2) is 53.1 Å². The zero-order chi connectivity index (χ0) is 37.6. The normalized spacial score (nSPS) is 24.8. The van der Waals surface area contributed by atoms with Crippen molar-refractivity contribution in [2.45, 2.75) is 116 Å². The molecule has 5 atom stereocenters. The highest BCUT2D eigenvalue weighted by atomic mass is 16.9. The predicted octanol–water partition coefficient (Wildman–Crippen LogP) is 5.82. The Bertz CT molecular complexity index is 1750. The largest absolute Gasteiger partial charge is 0.497 e. The van der Waals surface area contributed by atoms with Gasteiger partial charge in [0, 0.05) is 11.1 Å². The molecule has 0 spiro atoms. The van der Waals surface area contributed by atoms with Crippen LogP contribution in [0.1, 0.15) is 67.6 Å². The average molecular weight is 723 g/mol. The second kappa shape index (κ2) is 14.1. The van der Waals surface area contributed by atoms with E-state index in [1.807, 2.05) is 90.1 Å². The number of nitrogens with zero attached hydrogens (tertiary/aromatic N) is 1. The number of aromatic nitrogens is 1. The summed E-state index contributed by atoms with van der Waals surface area (Å²) in [7, 11) is 3.21. The molecule has 1 aromatic heterocycles. The van der Waals surface area contributed by atoms with Gasteiger partial charge in [0.05, 0.1) is 31.6 Å². The molecule has 2 aromatic carbocycles. The fourth-order valence-corrected chi connectivity index (χ4v) is 7.42. The topological polar surface area (TPSA) is 146 Å². The highest BCUT2D eigenvalue weighted by molar-refractivity contribution is 5.87. The Morgan fingerprint density at radius 2 is 1.35 bits per heavy atom. The molecule has 3 fully saturated rings. The second-order valence-corrected chi connectivity index (χ2v) is 15.8. The molecule has 0 aliphatic carbocycles. The van der Waals surface area contributed by atoms with Crippen molar-refractivity contribution in [1.29, 1.82) is 0 Å². The van der Waals surface area contributed by atoms with Gasteiger partial charge in [0.25, 0.3) is 0 Å². The van der Waals surface area contributed by atoms with Crippen molar-refractivity contribution >= 4 is 11.9 Å². The quantitative estimate of drug-likeness (QED) is 0.225. The van der Waals surface area contributed by atoms with Gasteiger partial charge in [0.1, 0.15) is 48.2 Å². The zero-order valence-corrected chi connectivity index (χ0v) is 31.6. The Morgan fingerprint density at radius 1 is 0.788 bits per heavy atom. The third kappa shape index (κ3) is 8.13. The van der Waals surface area contributed by atoms with Gasteiger partial charge in [-0.3, -0.25) is 9.59 Å². The monoisotopic (exact) mass is 722 g/mol. The number of esters is 1. The van der Waals surface area contributed by atoms with E-state index < -0.39 is 59.2 Å². The van der Waals surface area contributed by atoms with Gasteiger partial charge >= 0.3 is 5.97 Å². The predicted molar refractivity (Wildman–Crippen MR) is 188 cm³/mol. The molecule has 13 nitrogen and oxygen atoms in total. The van der Waals surface area contributed by atoms with Crippen molar-refractivity contribution in [3.63, 3.8) is 0 Å². The first kappa shape index (κ1) is 37.7. The van der Waals surface area contributed by atoms with Gasteiger partial charge in [-0.15, -0.1) is 0 Å². The van der Waals surface area contributed by atoms with Crippen LogP contribution >= 0.6 is 0 Å². The number of rotatable bonds is 12. The maximum atomic E-state index is 13.6. The minimum Gasteiger partial charge on any atom is -0.497 e. The lowest BCUT2D eigenvalue weighted by molar-refractivity contribution is -0.243. The van der Waals surface area contributed by atoms with Gasteiger partial charge in [-0.2, -0.15) is 0 Å². The van der Waals surface area contributed by atoms with Crippen LogP contribution in [-0.2, 0) is 44.4 Å². The van der Waals surface area contributed by atoms with Crippen LogP contribution in [0.3, 0.4) is 0 Å².